The number of thiazole rings is 1. The standard InChI is InChI=1S/C15H22N2OS2/c1-14(2,3)10-15(4,5)17-20(18)13-16-11-8-6-7-9-12(11)19-13/h6-9,17H,10H2,1-5H3. The van der Waals surface area contributed by atoms with Gasteiger partial charge in [0.1, 0.15) is 0 Å². The fraction of sp³-hybridized carbons (Fsp3) is 0.533. The summed E-state index contributed by atoms with van der Waals surface area (Å²) in [6, 6.07) is 7.89. The molecule has 1 aromatic heterocycles. The number of rotatable bonds is 4. The van der Waals surface area contributed by atoms with E-state index in [0.717, 1.165) is 16.6 Å². The molecule has 0 aliphatic rings. The van der Waals surface area contributed by atoms with Gasteiger partial charge in [0, 0.05) is 5.54 Å². The molecule has 20 heavy (non-hydrogen) atoms. The number of hydrogen-bond donors (Lipinski definition) is 1. The molecule has 1 N–H and O–H groups in total. The van der Waals surface area contributed by atoms with Gasteiger partial charge in [-0.25, -0.2) is 13.9 Å². The first-order chi connectivity index (χ1) is 9.16. The van der Waals surface area contributed by atoms with Gasteiger partial charge in [-0.3, -0.25) is 0 Å². The Morgan fingerprint density at radius 1 is 1.20 bits per heavy atom. The number of aromatic nitrogens is 1. The van der Waals surface area contributed by atoms with E-state index in [1.54, 1.807) is 0 Å². The molecular weight excluding hydrogens is 288 g/mol. The first-order valence-corrected chi connectivity index (χ1v) is 8.68. The maximum absolute atomic E-state index is 12.5. The van der Waals surface area contributed by atoms with E-state index < -0.39 is 11.0 Å². The minimum atomic E-state index is -1.26. The largest absolute Gasteiger partial charge is 0.235 e. The third-order valence-electron chi connectivity index (χ3n) is 2.77. The van der Waals surface area contributed by atoms with E-state index in [1.807, 2.05) is 24.3 Å². The normalized spacial score (nSPS) is 14.7. The van der Waals surface area contributed by atoms with Crippen molar-refractivity contribution in [2.45, 2.75) is 50.9 Å². The van der Waals surface area contributed by atoms with Crippen LogP contribution in [0.2, 0.25) is 0 Å². The molecule has 2 rings (SSSR count). The lowest BCUT2D eigenvalue weighted by molar-refractivity contribution is 0.272. The van der Waals surface area contributed by atoms with Crippen LogP contribution in [0.3, 0.4) is 0 Å². The summed E-state index contributed by atoms with van der Waals surface area (Å²) in [5.74, 6) is 0. The second kappa shape index (κ2) is 5.54. The van der Waals surface area contributed by atoms with Crippen LogP contribution in [0, 0.1) is 5.41 Å². The third kappa shape index (κ3) is 4.11. The van der Waals surface area contributed by atoms with Crippen LogP contribution in [0.4, 0.5) is 0 Å². The summed E-state index contributed by atoms with van der Waals surface area (Å²) in [4.78, 5) is 4.45. The molecule has 0 aliphatic carbocycles. The molecule has 3 nitrogen and oxygen atoms in total. The molecule has 1 heterocycles. The van der Waals surface area contributed by atoms with Gasteiger partial charge in [-0.1, -0.05) is 32.9 Å². The van der Waals surface area contributed by atoms with Gasteiger partial charge in [0.2, 0.25) is 0 Å². The van der Waals surface area contributed by atoms with E-state index in [1.165, 1.54) is 11.3 Å². The molecule has 0 saturated carbocycles. The van der Waals surface area contributed by atoms with Crippen molar-refractivity contribution < 1.29 is 4.21 Å². The predicted molar refractivity (Wildman–Crippen MR) is 87.3 cm³/mol. The van der Waals surface area contributed by atoms with Gasteiger partial charge >= 0.3 is 0 Å². The van der Waals surface area contributed by atoms with Crippen molar-refractivity contribution in [1.29, 1.82) is 0 Å². The fourth-order valence-electron chi connectivity index (χ4n) is 2.59. The Morgan fingerprint density at radius 3 is 2.45 bits per heavy atom. The lowest BCUT2D eigenvalue weighted by Crippen LogP contribution is -2.43. The Kier molecular flexibility index (Phi) is 4.33. The van der Waals surface area contributed by atoms with Gasteiger partial charge in [-0.15, -0.1) is 11.3 Å². The molecule has 0 saturated heterocycles. The van der Waals surface area contributed by atoms with Gasteiger partial charge in [-0.2, -0.15) is 0 Å². The lowest BCUT2D eigenvalue weighted by atomic mass is 9.82. The maximum Gasteiger partial charge on any atom is 0.197 e. The van der Waals surface area contributed by atoms with Crippen LogP contribution in [0.5, 0.6) is 0 Å². The van der Waals surface area contributed by atoms with Gasteiger partial charge in [0.25, 0.3) is 0 Å². The van der Waals surface area contributed by atoms with Crippen LogP contribution in [-0.2, 0) is 11.0 Å². The first-order valence-electron chi connectivity index (χ1n) is 6.71. The lowest BCUT2D eigenvalue weighted by Gasteiger charge is -2.32. The molecule has 2 aromatic rings. The van der Waals surface area contributed by atoms with Crippen molar-refractivity contribution in [3.05, 3.63) is 24.3 Å². The topological polar surface area (TPSA) is 42.0 Å². The summed E-state index contributed by atoms with van der Waals surface area (Å²) in [6.07, 6.45) is 0.941. The molecule has 1 aromatic carbocycles. The van der Waals surface area contributed by atoms with Crippen molar-refractivity contribution in [2.24, 2.45) is 5.41 Å². The molecule has 5 heteroatoms. The summed E-state index contributed by atoms with van der Waals surface area (Å²) >= 11 is 1.49. The highest BCUT2D eigenvalue weighted by atomic mass is 32.2. The van der Waals surface area contributed by atoms with E-state index in [9.17, 15) is 4.21 Å². The maximum atomic E-state index is 12.5. The molecule has 0 aliphatic heterocycles. The first kappa shape index (κ1) is 15.6. The van der Waals surface area contributed by atoms with Crippen LogP contribution in [0.25, 0.3) is 10.2 Å². The minimum absolute atomic E-state index is 0.189. The highest BCUT2D eigenvalue weighted by molar-refractivity contribution is 7.85. The van der Waals surface area contributed by atoms with Crippen LogP contribution in [-0.4, -0.2) is 14.7 Å². The van der Waals surface area contributed by atoms with E-state index in [4.69, 9.17) is 0 Å². The smallest absolute Gasteiger partial charge is 0.197 e. The Bertz CT molecular complexity index is 593. The molecule has 1 atom stereocenters. The molecular formula is C15H22N2OS2. The molecule has 110 valence electrons. The molecule has 0 bridgehead atoms. The molecule has 0 spiro atoms. The molecule has 1 unspecified atom stereocenters. The Balaban J connectivity index is 2.15. The number of fused-ring (bicyclic) bond motifs is 1. The van der Waals surface area contributed by atoms with Crippen molar-refractivity contribution in [3.8, 4) is 0 Å². The zero-order chi connectivity index (χ0) is 15.0. The number of nitrogens with zero attached hydrogens (tertiary/aromatic N) is 1. The number of para-hydroxylation sites is 1. The number of hydrogen-bond acceptors (Lipinski definition) is 3. The summed E-state index contributed by atoms with van der Waals surface area (Å²) in [7, 11) is -1.26. The van der Waals surface area contributed by atoms with Crippen molar-refractivity contribution in [3.63, 3.8) is 0 Å². The molecule has 0 amide bonds. The summed E-state index contributed by atoms with van der Waals surface area (Å²) in [5.41, 5.74) is 0.909. The second-order valence-electron chi connectivity index (χ2n) is 6.94. The van der Waals surface area contributed by atoms with E-state index >= 15 is 0 Å². The van der Waals surface area contributed by atoms with Crippen molar-refractivity contribution >= 4 is 32.5 Å². The van der Waals surface area contributed by atoms with Gasteiger partial charge in [0.05, 0.1) is 10.2 Å². The van der Waals surface area contributed by atoms with E-state index in [0.29, 0.717) is 4.34 Å². The minimum Gasteiger partial charge on any atom is -0.235 e. The zero-order valence-corrected chi connectivity index (χ0v) is 14.3. The molecule has 0 fully saturated rings. The third-order valence-corrected chi connectivity index (χ3v) is 5.46. The summed E-state index contributed by atoms with van der Waals surface area (Å²) < 4.78 is 17.4. The van der Waals surface area contributed by atoms with E-state index in [-0.39, 0.29) is 11.0 Å². The number of nitrogens with one attached hydrogen (secondary N) is 1. The summed E-state index contributed by atoms with van der Waals surface area (Å²) in [6.45, 7) is 10.7. The average Bonchev–Trinajstić information content (AvgIpc) is 2.68. The van der Waals surface area contributed by atoms with E-state index in [2.05, 4.69) is 44.3 Å². The Hall–Kier alpha value is -0.780. The highest BCUT2D eigenvalue weighted by Gasteiger charge is 2.28. The Morgan fingerprint density at radius 2 is 1.85 bits per heavy atom. The SMILES string of the molecule is CC(C)(C)CC(C)(C)NS(=O)c1nc2ccccc2s1. The van der Waals surface area contributed by atoms with Gasteiger partial charge in [0.15, 0.2) is 15.3 Å². The summed E-state index contributed by atoms with van der Waals surface area (Å²) in [5, 5.41) is 0. The van der Waals surface area contributed by atoms with Crippen LogP contribution >= 0.6 is 11.3 Å². The second-order valence-corrected chi connectivity index (χ2v) is 9.36. The van der Waals surface area contributed by atoms with Crippen LogP contribution in [0.15, 0.2) is 28.6 Å². The van der Waals surface area contributed by atoms with Gasteiger partial charge < -0.3 is 0 Å². The van der Waals surface area contributed by atoms with Crippen LogP contribution in [0.1, 0.15) is 41.0 Å². The molecule has 0 radical (unpaired) electrons. The predicted octanol–water partition coefficient (Wildman–Crippen LogP) is 4.12. The van der Waals surface area contributed by atoms with Gasteiger partial charge in [-0.05, 0) is 37.8 Å². The van der Waals surface area contributed by atoms with Crippen molar-refractivity contribution in [1.82, 2.24) is 9.71 Å². The zero-order valence-electron chi connectivity index (χ0n) is 12.7. The average molecular weight is 310 g/mol. The highest BCUT2D eigenvalue weighted by Crippen LogP contribution is 2.29. The quantitative estimate of drug-likeness (QED) is 0.923. The monoisotopic (exact) mass is 310 g/mol. The van der Waals surface area contributed by atoms with Crippen LogP contribution < -0.4 is 4.72 Å². The number of benzene rings is 1. The fourth-order valence-corrected chi connectivity index (χ4v) is 4.82. The van der Waals surface area contributed by atoms with Crippen molar-refractivity contribution in [2.75, 3.05) is 0 Å². The Labute approximate surface area is 127 Å².